The second kappa shape index (κ2) is 5.50. The Labute approximate surface area is 84.1 Å². The smallest absolute Gasteiger partial charge is 0.190 e. The molecule has 0 aliphatic heterocycles. The Balaban J connectivity index is 2.52. The molecule has 0 aromatic carbocycles. The molecule has 0 aliphatic rings. The fraction of sp³-hybridized carbons (Fsp3) is 0.455. The van der Waals surface area contributed by atoms with Gasteiger partial charge in [-0.25, -0.2) is 0 Å². The lowest BCUT2D eigenvalue weighted by Crippen LogP contribution is -2.10. The fourth-order valence-electron chi connectivity index (χ4n) is 1.10. The topological polar surface area (TPSA) is 39.2 Å². The van der Waals surface area contributed by atoms with Gasteiger partial charge in [0.15, 0.2) is 5.78 Å². The van der Waals surface area contributed by atoms with Crippen molar-refractivity contribution in [3.8, 4) is 0 Å². The number of ether oxygens (including phenoxy) is 1. The van der Waals surface area contributed by atoms with Gasteiger partial charge in [-0.1, -0.05) is 6.92 Å². The maximum Gasteiger partial charge on any atom is 0.190 e. The summed E-state index contributed by atoms with van der Waals surface area (Å²) in [5.41, 5.74) is 1.62. The van der Waals surface area contributed by atoms with E-state index in [1.165, 1.54) is 0 Å². The lowest BCUT2D eigenvalue weighted by atomic mass is 10.1. The van der Waals surface area contributed by atoms with E-state index in [1.807, 2.05) is 19.9 Å². The average Bonchev–Trinajstić information content (AvgIpc) is 2.18. The third-order valence-corrected chi connectivity index (χ3v) is 1.78. The zero-order chi connectivity index (χ0) is 10.4. The van der Waals surface area contributed by atoms with Gasteiger partial charge in [-0.05, 0) is 25.0 Å². The number of rotatable bonds is 5. The van der Waals surface area contributed by atoms with Gasteiger partial charge in [-0.15, -0.1) is 0 Å². The largest absolute Gasteiger partial charge is 0.373 e. The van der Waals surface area contributed by atoms with E-state index in [0.29, 0.717) is 12.2 Å². The number of ketones is 1. The maximum absolute atomic E-state index is 11.5. The Bertz CT molecular complexity index is 310. The summed E-state index contributed by atoms with van der Waals surface area (Å²) in [7, 11) is 0. The van der Waals surface area contributed by atoms with Gasteiger partial charge < -0.3 is 4.74 Å². The van der Waals surface area contributed by atoms with Crippen LogP contribution in [0.4, 0.5) is 0 Å². The zero-order valence-electron chi connectivity index (χ0n) is 8.62. The number of Topliss-reactive ketones (excluding diaryl/α,β-unsaturated/α-hetero) is 1. The number of aromatic nitrogens is 1. The molecule has 0 saturated heterocycles. The molecule has 1 aromatic rings. The van der Waals surface area contributed by atoms with E-state index in [0.717, 1.165) is 12.0 Å². The standard InChI is InChI=1S/C11H15NO2/c1-3-4-14-8-11(13)10-5-9(2)6-12-7-10/h5-7H,3-4,8H2,1-2H3. The first kappa shape index (κ1) is 10.9. The molecule has 76 valence electrons. The van der Waals surface area contributed by atoms with Crippen LogP contribution in [0.25, 0.3) is 0 Å². The molecule has 3 nitrogen and oxygen atoms in total. The maximum atomic E-state index is 11.5. The van der Waals surface area contributed by atoms with E-state index in [4.69, 9.17) is 4.74 Å². The Morgan fingerprint density at radius 1 is 1.50 bits per heavy atom. The second-order valence-corrected chi connectivity index (χ2v) is 3.23. The van der Waals surface area contributed by atoms with E-state index >= 15 is 0 Å². The minimum Gasteiger partial charge on any atom is -0.373 e. The van der Waals surface area contributed by atoms with Crippen molar-refractivity contribution in [1.82, 2.24) is 4.98 Å². The molecule has 0 spiro atoms. The minimum absolute atomic E-state index is 0.00495. The summed E-state index contributed by atoms with van der Waals surface area (Å²) in [4.78, 5) is 15.5. The Hall–Kier alpha value is -1.22. The number of nitrogens with zero attached hydrogens (tertiary/aromatic N) is 1. The third kappa shape index (κ3) is 3.26. The van der Waals surface area contributed by atoms with Gasteiger partial charge in [0.2, 0.25) is 0 Å². The van der Waals surface area contributed by atoms with Gasteiger partial charge in [0.25, 0.3) is 0 Å². The molecule has 0 N–H and O–H groups in total. The van der Waals surface area contributed by atoms with Gasteiger partial charge in [-0.3, -0.25) is 9.78 Å². The summed E-state index contributed by atoms with van der Waals surface area (Å²) in [5, 5.41) is 0. The van der Waals surface area contributed by atoms with Crippen LogP contribution < -0.4 is 0 Å². The van der Waals surface area contributed by atoms with Gasteiger partial charge in [0, 0.05) is 24.6 Å². The second-order valence-electron chi connectivity index (χ2n) is 3.23. The highest BCUT2D eigenvalue weighted by molar-refractivity contribution is 5.96. The van der Waals surface area contributed by atoms with E-state index in [-0.39, 0.29) is 12.4 Å². The normalized spacial score (nSPS) is 10.1. The van der Waals surface area contributed by atoms with Gasteiger partial charge >= 0.3 is 0 Å². The first-order valence-electron chi connectivity index (χ1n) is 4.76. The Morgan fingerprint density at radius 2 is 2.29 bits per heavy atom. The molecule has 0 bridgehead atoms. The molecule has 1 rings (SSSR count). The number of carbonyl (C=O) groups is 1. The molecule has 14 heavy (non-hydrogen) atoms. The minimum atomic E-state index is -0.00495. The van der Waals surface area contributed by atoms with Crippen LogP contribution in [0, 0.1) is 6.92 Å². The monoisotopic (exact) mass is 193 g/mol. The number of pyridine rings is 1. The lowest BCUT2D eigenvalue weighted by Gasteiger charge is -2.02. The number of hydrogen-bond donors (Lipinski definition) is 0. The van der Waals surface area contributed by atoms with Crippen molar-refractivity contribution in [1.29, 1.82) is 0 Å². The van der Waals surface area contributed by atoms with E-state index in [1.54, 1.807) is 12.4 Å². The van der Waals surface area contributed by atoms with Crippen molar-refractivity contribution < 1.29 is 9.53 Å². The van der Waals surface area contributed by atoms with Crippen LogP contribution >= 0.6 is 0 Å². The summed E-state index contributed by atoms with van der Waals surface area (Å²) < 4.78 is 5.16. The van der Waals surface area contributed by atoms with Crippen molar-refractivity contribution in [2.24, 2.45) is 0 Å². The van der Waals surface area contributed by atoms with Crippen molar-refractivity contribution in [2.45, 2.75) is 20.3 Å². The average molecular weight is 193 g/mol. The molecule has 0 atom stereocenters. The SMILES string of the molecule is CCCOCC(=O)c1cncc(C)c1. The summed E-state index contributed by atoms with van der Waals surface area (Å²) >= 11 is 0. The van der Waals surface area contributed by atoms with Crippen LogP contribution in [-0.4, -0.2) is 24.0 Å². The fourth-order valence-corrected chi connectivity index (χ4v) is 1.10. The Morgan fingerprint density at radius 3 is 2.93 bits per heavy atom. The third-order valence-electron chi connectivity index (χ3n) is 1.78. The predicted octanol–water partition coefficient (Wildman–Crippen LogP) is 2.00. The van der Waals surface area contributed by atoms with Crippen molar-refractivity contribution in [3.05, 3.63) is 29.6 Å². The van der Waals surface area contributed by atoms with Crippen LogP contribution in [0.3, 0.4) is 0 Å². The highest BCUT2D eigenvalue weighted by atomic mass is 16.5. The molecule has 0 radical (unpaired) electrons. The molecule has 0 amide bonds. The number of carbonyl (C=O) groups excluding carboxylic acids is 1. The molecule has 1 aromatic heterocycles. The molecule has 0 saturated carbocycles. The molecule has 0 aliphatic carbocycles. The van der Waals surface area contributed by atoms with Crippen molar-refractivity contribution >= 4 is 5.78 Å². The lowest BCUT2D eigenvalue weighted by molar-refractivity contribution is 0.0761. The summed E-state index contributed by atoms with van der Waals surface area (Å²) in [6, 6.07) is 1.82. The van der Waals surface area contributed by atoms with Crippen LogP contribution in [0.1, 0.15) is 29.3 Å². The van der Waals surface area contributed by atoms with Crippen LogP contribution in [0.2, 0.25) is 0 Å². The van der Waals surface area contributed by atoms with Gasteiger partial charge in [0.05, 0.1) is 0 Å². The molecule has 3 heteroatoms. The van der Waals surface area contributed by atoms with Crippen LogP contribution in [0.15, 0.2) is 18.5 Å². The van der Waals surface area contributed by atoms with Gasteiger partial charge in [-0.2, -0.15) is 0 Å². The van der Waals surface area contributed by atoms with Crippen LogP contribution in [0.5, 0.6) is 0 Å². The summed E-state index contributed by atoms with van der Waals surface area (Å²) in [6.45, 7) is 4.71. The van der Waals surface area contributed by atoms with E-state index < -0.39 is 0 Å². The zero-order valence-corrected chi connectivity index (χ0v) is 8.62. The highest BCUT2D eigenvalue weighted by Gasteiger charge is 2.05. The molecule has 1 heterocycles. The predicted molar refractivity (Wildman–Crippen MR) is 54.4 cm³/mol. The molecular formula is C11H15NO2. The van der Waals surface area contributed by atoms with Crippen molar-refractivity contribution in [2.75, 3.05) is 13.2 Å². The molecule has 0 unspecified atom stereocenters. The quantitative estimate of drug-likeness (QED) is 0.530. The summed E-state index contributed by atoms with van der Waals surface area (Å²) in [5.74, 6) is -0.00495. The number of hydrogen-bond acceptors (Lipinski definition) is 3. The molecular weight excluding hydrogens is 178 g/mol. The first-order chi connectivity index (χ1) is 6.74. The van der Waals surface area contributed by atoms with Crippen LogP contribution in [-0.2, 0) is 4.74 Å². The van der Waals surface area contributed by atoms with E-state index in [2.05, 4.69) is 4.98 Å². The van der Waals surface area contributed by atoms with E-state index in [9.17, 15) is 4.79 Å². The number of aryl methyl sites for hydroxylation is 1. The Kier molecular flexibility index (Phi) is 4.26. The molecule has 0 fully saturated rings. The van der Waals surface area contributed by atoms with Gasteiger partial charge in [0.1, 0.15) is 6.61 Å². The highest BCUT2D eigenvalue weighted by Crippen LogP contribution is 2.02. The first-order valence-corrected chi connectivity index (χ1v) is 4.76. The summed E-state index contributed by atoms with van der Waals surface area (Å²) in [6.07, 6.45) is 4.23. The van der Waals surface area contributed by atoms with Crippen molar-refractivity contribution in [3.63, 3.8) is 0 Å².